The molecular weight excluding hydrogens is 344 g/mol. The fourth-order valence-corrected chi connectivity index (χ4v) is 3.30. The number of ether oxygens (including phenoxy) is 2. The third kappa shape index (κ3) is 5.75. The average Bonchev–Trinajstić information content (AvgIpc) is 3.06. The zero-order chi connectivity index (χ0) is 20.0. The molecule has 1 unspecified atom stereocenters. The number of carboxylic acids is 1. The second-order valence-corrected chi connectivity index (χ2v) is 7.65. The molecule has 0 aromatic heterocycles. The van der Waals surface area contributed by atoms with E-state index in [1.807, 2.05) is 13.0 Å². The fourth-order valence-electron chi connectivity index (χ4n) is 3.30. The van der Waals surface area contributed by atoms with Crippen LogP contribution in [0.4, 0.5) is 0 Å². The molecular formula is C22H30O5. The third-order valence-corrected chi connectivity index (χ3v) is 5.03. The van der Waals surface area contributed by atoms with E-state index in [1.54, 1.807) is 12.1 Å². The molecule has 27 heavy (non-hydrogen) atoms. The van der Waals surface area contributed by atoms with Crippen molar-refractivity contribution < 1.29 is 24.2 Å². The Kier molecular flexibility index (Phi) is 7.33. The highest BCUT2D eigenvalue weighted by atomic mass is 16.7. The third-order valence-electron chi connectivity index (χ3n) is 5.03. The Balaban J connectivity index is 2.18. The molecule has 0 spiro atoms. The van der Waals surface area contributed by atoms with E-state index in [1.165, 1.54) is 5.57 Å². The van der Waals surface area contributed by atoms with Gasteiger partial charge in [-0.15, -0.1) is 0 Å². The van der Waals surface area contributed by atoms with E-state index in [0.717, 1.165) is 30.4 Å². The Hall–Kier alpha value is -1.98. The van der Waals surface area contributed by atoms with E-state index >= 15 is 0 Å². The summed E-state index contributed by atoms with van der Waals surface area (Å²) in [7, 11) is 0. The van der Waals surface area contributed by atoms with Crippen LogP contribution in [0.25, 0.3) is 0 Å². The van der Waals surface area contributed by atoms with E-state index in [2.05, 4.69) is 26.8 Å². The highest BCUT2D eigenvalue weighted by Crippen LogP contribution is 2.32. The normalized spacial score (nSPS) is 16.7. The number of carbonyl (C=O) groups excluding carboxylic acids is 1. The number of hydrogen-bond acceptors (Lipinski definition) is 4. The minimum atomic E-state index is -1.43. The number of rotatable bonds is 9. The van der Waals surface area contributed by atoms with Gasteiger partial charge in [0.05, 0.1) is 13.2 Å². The van der Waals surface area contributed by atoms with Crippen molar-refractivity contribution in [3.8, 4) is 0 Å². The number of Topliss-reactive ketones (excluding diaryl/α,β-unsaturated/α-hetero) is 1. The number of ketones is 1. The summed E-state index contributed by atoms with van der Waals surface area (Å²) < 4.78 is 11.4. The second kappa shape index (κ2) is 9.29. The minimum absolute atomic E-state index is 0.254. The van der Waals surface area contributed by atoms with E-state index in [0.29, 0.717) is 25.6 Å². The molecule has 148 valence electrons. The molecule has 1 fully saturated rings. The maximum atomic E-state index is 12.1. The lowest BCUT2D eigenvalue weighted by molar-refractivity contribution is -0.149. The van der Waals surface area contributed by atoms with Gasteiger partial charge in [-0.1, -0.05) is 30.7 Å². The van der Waals surface area contributed by atoms with Gasteiger partial charge >= 0.3 is 5.97 Å². The van der Waals surface area contributed by atoms with Crippen molar-refractivity contribution in [3.63, 3.8) is 0 Å². The van der Waals surface area contributed by atoms with Crippen LogP contribution in [0.2, 0.25) is 0 Å². The van der Waals surface area contributed by atoms with Crippen molar-refractivity contribution in [1.29, 1.82) is 0 Å². The second-order valence-electron chi connectivity index (χ2n) is 7.65. The van der Waals surface area contributed by atoms with Crippen LogP contribution in [0.5, 0.6) is 0 Å². The molecule has 0 amide bonds. The number of allylic oxidation sites excluding steroid dienone is 2. The summed E-state index contributed by atoms with van der Waals surface area (Å²) in [6, 6.07) is 5.18. The molecule has 1 aliphatic rings. The number of carbonyl (C=O) groups is 2. The summed E-state index contributed by atoms with van der Waals surface area (Å²) >= 11 is 0. The lowest BCUT2D eigenvalue weighted by atomic mass is 9.91. The molecule has 1 aromatic rings. The van der Waals surface area contributed by atoms with Crippen LogP contribution in [0.1, 0.15) is 68.4 Å². The quantitative estimate of drug-likeness (QED) is 0.392. The van der Waals surface area contributed by atoms with Gasteiger partial charge in [-0.05, 0) is 64.0 Å². The van der Waals surface area contributed by atoms with Crippen molar-refractivity contribution in [2.45, 2.75) is 59.2 Å². The molecule has 1 heterocycles. The van der Waals surface area contributed by atoms with Crippen molar-refractivity contribution in [2.75, 3.05) is 13.2 Å². The summed E-state index contributed by atoms with van der Waals surface area (Å²) in [5.74, 6) is -2.66. The van der Waals surface area contributed by atoms with E-state index < -0.39 is 17.5 Å². The molecule has 0 aliphatic carbocycles. The number of hydrogen-bond donors (Lipinski definition) is 1. The van der Waals surface area contributed by atoms with Crippen LogP contribution >= 0.6 is 0 Å². The molecule has 1 atom stereocenters. The SMILES string of the molecule is CC(C)=CCCC(C)CCc1cc(C2(C)OCCO2)ccc1C(=O)C(=O)O. The number of aryl methyl sites for hydroxylation is 1. The van der Waals surface area contributed by atoms with Crippen LogP contribution in [0, 0.1) is 5.92 Å². The highest BCUT2D eigenvalue weighted by Gasteiger charge is 2.34. The van der Waals surface area contributed by atoms with Gasteiger partial charge in [-0.2, -0.15) is 0 Å². The molecule has 0 saturated carbocycles. The Morgan fingerprint density at radius 1 is 1.22 bits per heavy atom. The van der Waals surface area contributed by atoms with Gasteiger partial charge in [0, 0.05) is 11.1 Å². The Morgan fingerprint density at radius 3 is 2.48 bits per heavy atom. The highest BCUT2D eigenvalue weighted by molar-refractivity contribution is 6.40. The van der Waals surface area contributed by atoms with Crippen LogP contribution in [-0.2, 0) is 26.5 Å². The first-order chi connectivity index (χ1) is 12.7. The number of aliphatic carboxylic acids is 1. The van der Waals surface area contributed by atoms with Crippen molar-refractivity contribution in [1.82, 2.24) is 0 Å². The molecule has 1 N–H and O–H groups in total. The molecule has 5 heteroatoms. The van der Waals surface area contributed by atoms with Gasteiger partial charge < -0.3 is 14.6 Å². The first-order valence-corrected chi connectivity index (χ1v) is 9.55. The van der Waals surface area contributed by atoms with Crippen molar-refractivity contribution in [2.24, 2.45) is 5.92 Å². The molecule has 1 aromatic carbocycles. The lowest BCUT2D eigenvalue weighted by Gasteiger charge is -2.24. The molecule has 1 aliphatic heterocycles. The Labute approximate surface area is 161 Å². The first kappa shape index (κ1) is 21.3. The standard InChI is InChI=1S/C22H30O5/c1-15(2)6-5-7-16(3)8-9-17-14-18(22(4)26-12-13-27-22)10-11-19(17)20(23)21(24)25/h6,10-11,14,16H,5,7-9,12-13H2,1-4H3,(H,24,25). The van der Waals surface area contributed by atoms with E-state index in [-0.39, 0.29) is 5.56 Å². The van der Waals surface area contributed by atoms with Gasteiger partial charge in [-0.25, -0.2) is 4.79 Å². The monoisotopic (exact) mass is 374 g/mol. The fraction of sp³-hybridized carbons (Fsp3) is 0.545. The number of carboxylic acid groups (broad SMARTS) is 1. The Bertz CT molecular complexity index is 709. The van der Waals surface area contributed by atoms with Crippen molar-refractivity contribution in [3.05, 3.63) is 46.5 Å². The van der Waals surface area contributed by atoms with Gasteiger partial charge in [0.15, 0.2) is 5.79 Å². The van der Waals surface area contributed by atoms with E-state index in [4.69, 9.17) is 14.6 Å². The van der Waals surface area contributed by atoms with Crippen LogP contribution in [0.15, 0.2) is 29.8 Å². The van der Waals surface area contributed by atoms with Crippen LogP contribution in [0.3, 0.4) is 0 Å². The Morgan fingerprint density at radius 2 is 1.89 bits per heavy atom. The molecule has 1 saturated heterocycles. The largest absolute Gasteiger partial charge is 0.475 e. The molecule has 2 rings (SSSR count). The van der Waals surface area contributed by atoms with Gasteiger partial charge in [-0.3, -0.25) is 4.79 Å². The smallest absolute Gasteiger partial charge is 0.377 e. The summed E-state index contributed by atoms with van der Waals surface area (Å²) in [6.45, 7) is 9.25. The zero-order valence-electron chi connectivity index (χ0n) is 16.7. The molecule has 0 radical (unpaired) electrons. The molecule has 0 bridgehead atoms. The molecule has 5 nitrogen and oxygen atoms in total. The predicted molar refractivity (Wildman–Crippen MR) is 104 cm³/mol. The average molecular weight is 374 g/mol. The maximum Gasteiger partial charge on any atom is 0.377 e. The van der Waals surface area contributed by atoms with Gasteiger partial charge in [0.1, 0.15) is 0 Å². The number of benzene rings is 1. The van der Waals surface area contributed by atoms with Gasteiger partial charge in [0.2, 0.25) is 0 Å². The van der Waals surface area contributed by atoms with Gasteiger partial charge in [0.25, 0.3) is 5.78 Å². The van der Waals surface area contributed by atoms with Crippen LogP contribution in [-0.4, -0.2) is 30.1 Å². The first-order valence-electron chi connectivity index (χ1n) is 9.55. The van der Waals surface area contributed by atoms with Crippen molar-refractivity contribution >= 4 is 11.8 Å². The topological polar surface area (TPSA) is 72.8 Å². The van der Waals surface area contributed by atoms with E-state index in [9.17, 15) is 9.59 Å². The maximum absolute atomic E-state index is 12.1. The zero-order valence-corrected chi connectivity index (χ0v) is 16.7. The summed E-state index contributed by atoms with van der Waals surface area (Å²) in [6.07, 6.45) is 5.86. The minimum Gasteiger partial charge on any atom is -0.475 e. The predicted octanol–water partition coefficient (Wildman–Crippen LogP) is 4.49. The lowest BCUT2D eigenvalue weighted by Crippen LogP contribution is -2.23. The summed E-state index contributed by atoms with van der Waals surface area (Å²) in [4.78, 5) is 23.3. The summed E-state index contributed by atoms with van der Waals surface area (Å²) in [5.41, 5.74) is 3.13. The summed E-state index contributed by atoms with van der Waals surface area (Å²) in [5, 5.41) is 9.13. The van der Waals surface area contributed by atoms with Crippen LogP contribution < -0.4 is 0 Å².